The van der Waals surface area contributed by atoms with Gasteiger partial charge in [0.15, 0.2) is 17.5 Å². The molecule has 0 fully saturated rings. The SMILES string of the molecule is c1ccc(-c2cccc(-c3nc(-c4ccccc4)nc(-c4ccc5c(c4)c4ccccc4c4nc6ccccn6c54)n3)c2)cc1. The number of hydrogen-bond acceptors (Lipinski definition) is 4. The number of imidazole rings is 1. The number of hydrogen-bond donors (Lipinski definition) is 0. The van der Waals surface area contributed by atoms with E-state index in [-0.39, 0.29) is 0 Å². The van der Waals surface area contributed by atoms with Crippen LogP contribution >= 0.6 is 0 Å². The summed E-state index contributed by atoms with van der Waals surface area (Å²) in [7, 11) is 0. The summed E-state index contributed by atoms with van der Waals surface area (Å²) in [5.41, 5.74) is 8.12. The second-order valence-electron chi connectivity index (χ2n) is 11.2. The summed E-state index contributed by atoms with van der Waals surface area (Å²) < 4.78 is 2.18. The van der Waals surface area contributed by atoms with E-state index in [9.17, 15) is 0 Å². The molecule has 9 aromatic rings. The van der Waals surface area contributed by atoms with Crippen molar-refractivity contribution in [3.8, 4) is 45.3 Å². The van der Waals surface area contributed by atoms with Gasteiger partial charge in [-0.1, -0.05) is 121 Å². The van der Waals surface area contributed by atoms with Crippen LogP contribution in [0.1, 0.15) is 0 Å². The minimum absolute atomic E-state index is 0.633. The molecule has 9 rings (SSSR count). The van der Waals surface area contributed by atoms with E-state index in [1.165, 1.54) is 0 Å². The van der Waals surface area contributed by atoms with Crippen LogP contribution in [0, 0.1) is 0 Å². The highest BCUT2D eigenvalue weighted by Gasteiger charge is 2.17. The van der Waals surface area contributed by atoms with E-state index < -0.39 is 0 Å². The zero-order valence-corrected chi connectivity index (χ0v) is 24.2. The average molecular weight is 576 g/mol. The molecule has 0 aliphatic rings. The number of nitrogens with zero attached hydrogens (tertiary/aromatic N) is 5. The van der Waals surface area contributed by atoms with Crippen molar-refractivity contribution >= 4 is 38.2 Å². The van der Waals surface area contributed by atoms with Crippen molar-refractivity contribution in [2.45, 2.75) is 0 Å². The molecule has 3 heterocycles. The van der Waals surface area contributed by atoms with Crippen LogP contribution in [-0.2, 0) is 0 Å². The number of fused-ring (bicyclic) bond motifs is 8. The van der Waals surface area contributed by atoms with E-state index in [4.69, 9.17) is 19.9 Å². The summed E-state index contributed by atoms with van der Waals surface area (Å²) in [6, 6.07) is 50.0. The quantitative estimate of drug-likeness (QED) is 0.196. The molecule has 0 spiro atoms. The first-order valence-corrected chi connectivity index (χ1v) is 15.0. The molecular formula is C40H25N5. The van der Waals surface area contributed by atoms with Crippen LogP contribution in [0.25, 0.3) is 83.5 Å². The Morgan fingerprint density at radius 2 is 0.956 bits per heavy atom. The van der Waals surface area contributed by atoms with Gasteiger partial charge in [-0.05, 0) is 46.2 Å². The fourth-order valence-electron chi connectivity index (χ4n) is 6.30. The summed E-state index contributed by atoms with van der Waals surface area (Å²) in [5.74, 6) is 1.91. The molecule has 210 valence electrons. The molecule has 6 aromatic carbocycles. The predicted molar refractivity (Wildman–Crippen MR) is 183 cm³/mol. The lowest BCUT2D eigenvalue weighted by Crippen LogP contribution is -2.00. The van der Waals surface area contributed by atoms with Crippen molar-refractivity contribution in [3.63, 3.8) is 0 Å². The fourth-order valence-corrected chi connectivity index (χ4v) is 6.30. The lowest BCUT2D eigenvalue weighted by atomic mass is 9.98. The Bertz CT molecular complexity index is 2540. The number of pyridine rings is 1. The number of benzene rings is 6. The molecule has 0 radical (unpaired) electrons. The molecule has 5 nitrogen and oxygen atoms in total. The smallest absolute Gasteiger partial charge is 0.164 e. The minimum Gasteiger partial charge on any atom is -0.299 e. The summed E-state index contributed by atoms with van der Waals surface area (Å²) >= 11 is 0. The van der Waals surface area contributed by atoms with Gasteiger partial charge in [-0.2, -0.15) is 0 Å². The molecule has 3 aromatic heterocycles. The van der Waals surface area contributed by atoms with Crippen molar-refractivity contribution in [1.29, 1.82) is 0 Å². The van der Waals surface area contributed by atoms with Crippen LogP contribution in [0.2, 0.25) is 0 Å². The van der Waals surface area contributed by atoms with Crippen molar-refractivity contribution < 1.29 is 0 Å². The van der Waals surface area contributed by atoms with Gasteiger partial charge in [0.1, 0.15) is 5.65 Å². The molecule has 0 saturated carbocycles. The van der Waals surface area contributed by atoms with Crippen LogP contribution in [0.4, 0.5) is 0 Å². The first-order chi connectivity index (χ1) is 22.3. The Kier molecular flexibility index (Phi) is 5.74. The molecule has 0 atom stereocenters. The maximum Gasteiger partial charge on any atom is 0.164 e. The van der Waals surface area contributed by atoms with Gasteiger partial charge in [0, 0.05) is 33.7 Å². The molecule has 0 unspecified atom stereocenters. The Morgan fingerprint density at radius 1 is 0.356 bits per heavy atom. The standard InChI is InChI=1S/C40H25N5/c1-3-12-26(13-4-1)28-16-11-17-29(24-28)39-42-38(27-14-5-2-6-15-27)43-40(44-39)30-21-22-33-34(25-30)31-18-7-8-19-32(31)36-37(33)45-23-10-9-20-35(45)41-36/h1-25H. The van der Waals surface area contributed by atoms with E-state index in [0.29, 0.717) is 17.5 Å². The molecule has 0 bridgehead atoms. The highest BCUT2D eigenvalue weighted by atomic mass is 15.0. The lowest BCUT2D eigenvalue weighted by Gasteiger charge is -2.11. The van der Waals surface area contributed by atoms with Crippen LogP contribution < -0.4 is 0 Å². The van der Waals surface area contributed by atoms with Crippen molar-refractivity contribution in [3.05, 3.63) is 152 Å². The van der Waals surface area contributed by atoms with Crippen molar-refractivity contribution in [2.75, 3.05) is 0 Å². The van der Waals surface area contributed by atoms with E-state index in [1.54, 1.807) is 0 Å². The van der Waals surface area contributed by atoms with Gasteiger partial charge in [0.2, 0.25) is 0 Å². The van der Waals surface area contributed by atoms with Gasteiger partial charge in [-0.3, -0.25) is 4.40 Å². The summed E-state index contributed by atoms with van der Waals surface area (Å²) in [6.07, 6.45) is 2.08. The minimum atomic E-state index is 0.633. The number of rotatable bonds is 4. The monoisotopic (exact) mass is 575 g/mol. The lowest BCUT2D eigenvalue weighted by molar-refractivity contribution is 1.07. The van der Waals surface area contributed by atoms with Crippen LogP contribution in [-0.4, -0.2) is 24.3 Å². The second kappa shape index (κ2) is 10.2. The van der Waals surface area contributed by atoms with Gasteiger partial charge in [0.05, 0.1) is 11.0 Å². The molecule has 0 aliphatic carbocycles. The third-order valence-electron chi connectivity index (χ3n) is 8.43. The first-order valence-electron chi connectivity index (χ1n) is 15.0. The Morgan fingerprint density at radius 3 is 1.73 bits per heavy atom. The molecule has 45 heavy (non-hydrogen) atoms. The van der Waals surface area contributed by atoms with E-state index in [0.717, 1.165) is 66.0 Å². The third kappa shape index (κ3) is 4.25. The molecule has 5 heteroatoms. The van der Waals surface area contributed by atoms with E-state index in [1.807, 2.05) is 48.5 Å². The van der Waals surface area contributed by atoms with Crippen molar-refractivity contribution in [1.82, 2.24) is 24.3 Å². The summed E-state index contributed by atoms with van der Waals surface area (Å²) in [5, 5.41) is 4.55. The first kappa shape index (κ1) is 25.3. The second-order valence-corrected chi connectivity index (χ2v) is 11.2. The van der Waals surface area contributed by atoms with Crippen LogP contribution in [0.15, 0.2) is 152 Å². The predicted octanol–water partition coefficient (Wildman–Crippen LogP) is 9.65. The van der Waals surface area contributed by atoms with E-state index >= 15 is 0 Å². The fraction of sp³-hybridized carbons (Fsp3) is 0. The molecule has 0 aliphatic heterocycles. The van der Waals surface area contributed by atoms with Gasteiger partial charge >= 0.3 is 0 Å². The van der Waals surface area contributed by atoms with E-state index in [2.05, 4.69) is 108 Å². The third-order valence-corrected chi connectivity index (χ3v) is 8.43. The normalized spacial score (nSPS) is 11.6. The maximum absolute atomic E-state index is 5.08. The Labute approximate surface area is 259 Å². The van der Waals surface area contributed by atoms with Gasteiger partial charge in [-0.15, -0.1) is 0 Å². The molecule has 0 amide bonds. The van der Waals surface area contributed by atoms with Gasteiger partial charge in [0.25, 0.3) is 0 Å². The topological polar surface area (TPSA) is 56.0 Å². The number of aromatic nitrogens is 5. The van der Waals surface area contributed by atoms with Gasteiger partial charge in [-0.25, -0.2) is 19.9 Å². The molecule has 0 N–H and O–H groups in total. The largest absolute Gasteiger partial charge is 0.299 e. The van der Waals surface area contributed by atoms with Crippen molar-refractivity contribution in [2.24, 2.45) is 0 Å². The average Bonchev–Trinajstić information content (AvgIpc) is 3.52. The zero-order chi connectivity index (χ0) is 29.7. The summed E-state index contributed by atoms with van der Waals surface area (Å²) in [4.78, 5) is 20.1. The maximum atomic E-state index is 5.08. The summed E-state index contributed by atoms with van der Waals surface area (Å²) in [6.45, 7) is 0. The zero-order valence-electron chi connectivity index (χ0n) is 24.2. The highest BCUT2D eigenvalue weighted by molar-refractivity contribution is 6.24. The van der Waals surface area contributed by atoms with Crippen LogP contribution in [0.3, 0.4) is 0 Å². The molecular weight excluding hydrogens is 550 g/mol. The van der Waals surface area contributed by atoms with Gasteiger partial charge < -0.3 is 0 Å². The highest BCUT2D eigenvalue weighted by Crippen LogP contribution is 2.37. The molecule has 0 saturated heterocycles. The van der Waals surface area contributed by atoms with Crippen LogP contribution in [0.5, 0.6) is 0 Å². The Hall–Kier alpha value is -6.20. The Balaban J connectivity index is 1.28.